The van der Waals surface area contributed by atoms with Crippen molar-refractivity contribution in [2.75, 3.05) is 19.8 Å². The molecule has 1 N–H and O–H groups in total. The molecule has 0 heterocycles. The third kappa shape index (κ3) is 14.9. The van der Waals surface area contributed by atoms with Crippen LogP contribution in [-0.2, 0) is 19.1 Å². The van der Waals surface area contributed by atoms with Crippen molar-refractivity contribution >= 4 is 11.9 Å². The summed E-state index contributed by atoms with van der Waals surface area (Å²) in [6, 6.07) is 0. The number of aliphatic hydroxyl groups excluding tert-OH is 1. The Labute approximate surface area is 127 Å². The van der Waals surface area contributed by atoms with Crippen LogP contribution in [0.5, 0.6) is 0 Å². The fourth-order valence-electron chi connectivity index (χ4n) is 1.73. The quantitative estimate of drug-likeness (QED) is 0.322. The minimum Gasteiger partial charge on any atom is -0.466 e. The molecule has 0 radical (unpaired) electrons. The summed E-state index contributed by atoms with van der Waals surface area (Å²) in [4.78, 5) is 22.1. The van der Waals surface area contributed by atoms with Gasteiger partial charge in [0.05, 0.1) is 13.2 Å². The Bertz CT molecular complexity index is 299. The highest BCUT2D eigenvalue weighted by Gasteiger charge is 1.99. The number of carbonyl (C=O) groups is 2. The monoisotopic (exact) mass is 300 g/mol. The lowest BCUT2D eigenvalue weighted by Crippen LogP contribution is -2.05. The van der Waals surface area contributed by atoms with Crippen LogP contribution in [0.1, 0.15) is 58.3 Å². The lowest BCUT2D eigenvalue weighted by Gasteiger charge is -2.03. The molecule has 0 rings (SSSR count). The van der Waals surface area contributed by atoms with Gasteiger partial charge in [-0.15, -0.1) is 0 Å². The largest absolute Gasteiger partial charge is 0.466 e. The normalized spacial score (nSPS) is 10.8. The van der Waals surface area contributed by atoms with E-state index in [-0.39, 0.29) is 19.2 Å². The first-order valence-corrected chi connectivity index (χ1v) is 7.80. The highest BCUT2D eigenvalue weighted by atomic mass is 16.5. The highest BCUT2D eigenvalue weighted by Crippen LogP contribution is 2.06. The Morgan fingerprint density at radius 3 is 2.43 bits per heavy atom. The Morgan fingerprint density at radius 2 is 1.71 bits per heavy atom. The lowest BCUT2D eigenvalue weighted by molar-refractivity contribution is -0.143. The van der Waals surface area contributed by atoms with E-state index in [1.807, 2.05) is 6.92 Å². The van der Waals surface area contributed by atoms with Gasteiger partial charge in [0.25, 0.3) is 0 Å². The van der Waals surface area contributed by atoms with Gasteiger partial charge >= 0.3 is 11.9 Å². The molecule has 0 saturated heterocycles. The van der Waals surface area contributed by atoms with Gasteiger partial charge < -0.3 is 14.6 Å². The summed E-state index contributed by atoms with van der Waals surface area (Å²) in [5.41, 5.74) is 0. The van der Waals surface area contributed by atoms with Crippen molar-refractivity contribution in [1.82, 2.24) is 0 Å². The number of unbranched alkanes of at least 4 members (excludes halogenated alkanes) is 5. The molecule has 0 aliphatic heterocycles. The Morgan fingerprint density at radius 1 is 1.00 bits per heavy atom. The molecule has 0 aromatic rings. The van der Waals surface area contributed by atoms with Crippen LogP contribution >= 0.6 is 0 Å². The fourth-order valence-corrected chi connectivity index (χ4v) is 1.73. The standard InChI is InChI=1S/C16H28O5/c1-2-10-15(18)20-13-9-7-5-3-4-6-8-11-16(19)21-14-12-17/h8,11,17H,2-7,9-10,12-14H2,1H3/b11-8+. The van der Waals surface area contributed by atoms with E-state index in [0.717, 1.165) is 44.9 Å². The molecule has 0 fully saturated rings. The van der Waals surface area contributed by atoms with E-state index in [1.54, 1.807) is 6.08 Å². The summed E-state index contributed by atoms with van der Waals surface area (Å²) in [7, 11) is 0. The molecule has 21 heavy (non-hydrogen) atoms. The second-order valence-electron chi connectivity index (χ2n) is 4.82. The third-order valence-electron chi connectivity index (χ3n) is 2.82. The molecular formula is C16H28O5. The minimum absolute atomic E-state index is 0.0476. The van der Waals surface area contributed by atoms with E-state index in [2.05, 4.69) is 4.74 Å². The maximum absolute atomic E-state index is 11.1. The number of aliphatic hydroxyl groups is 1. The number of hydrogen-bond donors (Lipinski definition) is 1. The molecule has 0 unspecified atom stereocenters. The molecule has 5 heteroatoms. The van der Waals surface area contributed by atoms with E-state index in [4.69, 9.17) is 9.84 Å². The van der Waals surface area contributed by atoms with Gasteiger partial charge in [0.1, 0.15) is 6.61 Å². The van der Waals surface area contributed by atoms with Crippen molar-refractivity contribution in [3.63, 3.8) is 0 Å². The molecule has 0 spiro atoms. The number of allylic oxidation sites excluding steroid dienone is 1. The number of carbonyl (C=O) groups excluding carboxylic acids is 2. The molecule has 0 saturated carbocycles. The van der Waals surface area contributed by atoms with Crippen LogP contribution in [0.15, 0.2) is 12.2 Å². The van der Waals surface area contributed by atoms with Gasteiger partial charge in [0.2, 0.25) is 0 Å². The number of ether oxygens (including phenoxy) is 2. The molecule has 0 aliphatic rings. The molecule has 0 aromatic heterocycles. The van der Waals surface area contributed by atoms with Crippen LogP contribution in [-0.4, -0.2) is 36.9 Å². The van der Waals surface area contributed by atoms with Crippen LogP contribution < -0.4 is 0 Å². The van der Waals surface area contributed by atoms with Gasteiger partial charge in [-0.2, -0.15) is 0 Å². The van der Waals surface area contributed by atoms with Crippen LogP contribution in [0.3, 0.4) is 0 Å². The molecule has 5 nitrogen and oxygen atoms in total. The predicted octanol–water partition coefficient (Wildman–Crippen LogP) is 2.76. The Kier molecular flexibility index (Phi) is 14.1. The van der Waals surface area contributed by atoms with Crippen LogP contribution in [0.2, 0.25) is 0 Å². The second-order valence-corrected chi connectivity index (χ2v) is 4.82. The molecule has 0 atom stereocenters. The molecule has 0 aliphatic carbocycles. The van der Waals surface area contributed by atoms with Crippen LogP contribution in [0.4, 0.5) is 0 Å². The van der Waals surface area contributed by atoms with Crippen LogP contribution in [0, 0.1) is 0 Å². The zero-order valence-corrected chi connectivity index (χ0v) is 13.0. The minimum atomic E-state index is -0.405. The third-order valence-corrected chi connectivity index (χ3v) is 2.82. The first-order valence-electron chi connectivity index (χ1n) is 7.80. The predicted molar refractivity (Wildman–Crippen MR) is 80.8 cm³/mol. The van der Waals surface area contributed by atoms with Gasteiger partial charge in [-0.25, -0.2) is 4.79 Å². The van der Waals surface area contributed by atoms with Crippen molar-refractivity contribution in [2.24, 2.45) is 0 Å². The van der Waals surface area contributed by atoms with Gasteiger partial charge in [-0.1, -0.05) is 32.3 Å². The van der Waals surface area contributed by atoms with Crippen molar-refractivity contribution < 1.29 is 24.2 Å². The summed E-state index contributed by atoms with van der Waals surface area (Å²) < 4.78 is 9.75. The molecular weight excluding hydrogens is 272 g/mol. The van der Waals surface area contributed by atoms with Crippen LogP contribution in [0.25, 0.3) is 0 Å². The lowest BCUT2D eigenvalue weighted by atomic mass is 10.1. The van der Waals surface area contributed by atoms with E-state index in [0.29, 0.717) is 13.0 Å². The van der Waals surface area contributed by atoms with Crippen molar-refractivity contribution in [3.8, 4) is 0 Å². The smallest absolute Gasteiger partial charge is 0.330 e. The fraction of sp³-hybridized carbons (Fsp3) is 0.750. The van der Waals surface area contributed by atoms with Gasteiger partial charge in [0.15, 0.2) is 0 Å². The van der Waals surface area contributed by atoms with E-state index < -0.39 is 5.97 Å². The number of esters is 2. The van der Waals surface area contributed by atoms with E-state index >= 15 is 0 Å². The topological polar surface area (TPSA) is 72.8 Å². The van der Waals surface area contributed by atoms with Crippen molar-refractivity contribution in [3.05, 3.63) is 12.2 Å². The summed E-state index contributed by atoms with van der Waals surface area (Å²) >= 11 is 0. The highest BCUT2D eigenvalue weighted by molar-refractivity contribution is 5.81. The molecule has 0 bridgehead atoms. The summed E-state index contributed by atoms with van der Waals surface area (Å²) in [6.07, 6.45) is 10.6. The average Bonchev–Trinajstić information content (AvgIpc) is 2.47. The molecule has 122 valence electrons. The SMILES string of the molecule is CCCC(=O)OCCCCCCC/C=C/C(=O)OCCO. The van der Waals surface area contributed by atoms with Gasteiger partial charge in [-0.3, -0.25) is 4.79 Å². The summed E-state index contributed by atoms with van der Waals surface area (Å²) in [5.74, 6) is -0.506. The second kappa shape index (κ2) is 15.0. The zero-order chi connectivity index (χ0) is 15.8. The molecule has 0 aromatic carbocycles. The Hall–Kier alpha value is -1.36. The number of hydrogen-bond acceptors (Lipinski definition) is 5. The van der Waals surface area contributed by atoms with Gasteiger partial charge in [0, 0.05) is 12.5 Å². The maximum Gasteiger partial charge on any atom is 0.330 e. The van der Waals surface area contributed by atoms with Crippen molar-refractivity contribution in [2.45, 2.75) is 58.3 Å². The Balaban J connectivity index is 3.27. The summed E-state index contributed by atoms with van der Waals surface area (Å²) in [6.45, 7) is 2.39. The first kappa shape index (κ1) is 19.6. The van der Waals surface area contributed by atoms with Crippen molar-refractivity contribution in [1.29, 1.82) is 0 Å². The van der Waals surface area contributed by atoms with E-state index in [1.165, 1.54) is 6.08 Å². The van der Waals surface area contributed by atoms with E-state index in [9.17, 15) is 9.59 Å². The first-order chi connectivity index (χ1) is 10.2. The zero-order valence-electron chi connectivity index (χ0n) is 13.0. The average molecular weight is 300 g/mol. The maximum atomic E-state index is 11.1. The molecule has 0 amide bonds. The van der Waals surface area contributed by atoms with Gasteiger partial charge in [-0.05, 0) is 25.7 Å². The number of rotatable bonds is 13. The summed E-state index contributed by atoms with van der Waals surface area (Å²) in [5, 5.41) is 8.47.